The topological polar surface area (TPSA) is 86.6 Å². The summed E-state index contributed by atoms with van der Waals surface area (Å²) >= 11 is 0. The van der Waals surface area contributed by atoms with E-state index in [0.29, 0.717) is 5.57 Å². The molecule has 2 aliphatic rings. The van der Waals surface area contributed by atoms with Crippen LogP contribution in [0.25, 0.3) is 0 Å². The number of carbonyl (C=O) groups is 2. The Bertz CT molecular complexity index is 986. The predicted molar refractivity (Wildman–Crippen MR) is 105 cm³/mol. The molecule has 2 aromatic rings. The van der Waals surface area contributed by atoms with Gasteiger partial charge in [0.05, 0.1) is 5.41 Å². The number of allylic oxidation sites excluding steroid dienone is 4. The van der Waals surface area contributed by atoms with E-state index >= 15 is 0 Å². The van der Waals surface area contributed by atoms with Gasteiger partial charge in [0.25, 0.3) is 5.91 Å². The minimum absolute atomic E-state index is 0.102. The van der Waals surface area contributed by atoms with Crippen LogP contribution < -0.4 is 5.32 Å². The minimum Gasteiger partial charge on any atom is -0.508 e. The summed E-state index contributed by atoms with van der Waals surface area (Å²) in [5.41, 5.74) is -0.396. The van der Waals surface area contributed by atoms with Crippen LogP contribution >= 0.6 is 0 Å². The number of fused-ring (bicyclic) bond motifs is 1. The summed E-state index contributed by atoms with van der Waals surface area (Å²) in [7, 11) is 0. The Morgan fingerprint density at radius 1 is 0.929 bits per heavy atom. The van der Waals surface area contributed by atoms with Crippen molar-refractivity contribution in [2.45, 2.75) is 11.8 Å². The Morgan fingerprint density at radius 2 is 1.46 bits per heavy atom. The largest absolute Gasteiger partial charge is 0.508 e. The zero-order chi connectivity index (χ0) is 19.9. The van der Waals surface area contributed by atoms with Crippen LogP contribution in [0.15, 0.2) is 85.0 Å². The standard InChI is InChI=1S/C23H19NO4/c1-2-13-23-19(20(27)24-21(23)28)4-3-14-22(23,15-5-9-17(25)10-6-15)16-7-11-18(26)12-8-16/h2-12,14,25-26H,1,13H2,(H,24,27,28). The first kappa shape index (κ1) is 17.8. The van der Waals surface area contributed by atoms with Crippen LogP contribution in [-0.2, 0) is 15.0 Å². The Balaban J connectivity index is 2.11. The van der Waals surface area contributed by atoms with E-state index in [0.717, 1.165) is 11.1 Å². The molecule has 0 saturated carbocycles. The maximum absolute atomic E-state index is 13.3. The van der Waals surface area contributed by atoms with Gasteiger partial charge in [0.1, 0.15) is 16.9 Å². The third-order valence-electron chi connectivity index (χ3n) is 5.70. The molecule has 0 spiro atoms. The lowest BCUT2D eigenvalue weighted by molar-refractivity contribution is -0.129. The van der Waals surface area contributed by atoms with Gasteiger partial charge in [-0.3, -0.25) is 14.9 Å². The maximum Gasteiger partial charge on any atom is 0.254 e. The van der Waals surface area contributed by atoms with Crippen molar-refractivity contribution >= 4 is 11.8 Å². The van der Waals surface area contributed by atoms with E-state index < -0.39 is 22.6 Å². The molecule has 4 rings (SSSR count). The average molecular weight is 373 g/mol. The van der Waals surface area contributed by atoms with Crippen LogP contribution in [0.1, 0.15) is 17.5 Å². The number of hydrogen-bond acceptors (Lipinski definition) is 4. The summed E-state index contributed by atoms with van der Waals surface area (Å²) < 4.78 is 0. The van der Waals surface area contributed by atoms with Crippen LogP contribution in [0.4, 0.5) is 0 Å². The van der Waals surface area contributed by atoms with Gasteiger partial charge < -0.3 is 10.2 Å². The number of imide groups is 1. The van der Waals surface area contributed by atoms with Crippen LogP contribution in [-0.4, -0.2) is 22.0 Å². The van der Waals surface area contributed by atoms with Crippen LogP contribution in [0.3, 0.4) is 0 Å². The van der Waals surface area contributed by atoms with Gasteiger partial charge in [-0.1, -0.05) is 48.6 Å². The SMILES string of the molecule is C=CCC12C(=O)NC(=O)C1=CC=CC2(c1ccc(O)cc1)c1ccc(O)cc1. The summed E-state index contributed by atoms with van der Waals surface area (Å²) in [6.07, 6.45) is 7.22. The van der Waals surface area contributed by atoms with Gasteiger partial charge in [-0.2, -0.15) is 0 Å². The number of phenols is 2. The quantitative estimate of drug-likeness (QED) is 0.568. The highest BCUT2D eigenvalue weighted by atomic mass is 16.3. The van der Waals surface area contributed by atoms with Gasteiger partial charge in [-0.05, 0) is 41.8 Å². The van der Waals surface area contributed by atoms with Crippen molar-refractivity contribution < 1.29 is 19.8 Å². The molecule has 1 aliphatic carbocycles. The molecule has 0 bridgehead atoms. The molecular weight excluding hydrogens is 354 g/mol. The number of benzene rings is 2. The third kappa shape index (κ3) is 2.19. The molecule has 28 heavy (non-hydrogen) atoms. The van der Waals surface area contributed by atoms with E-state index in [1.807, 2.05) is 6.08 Å². The Labute approximate surface area is 162 Å². The number of aromatic hydroxyl groups is 2. The Morgan fingerprint density at radius 3 is 1.96 bits per heavy atom. The molecule has 0 aromatic heterocycles. The van der Waals surface area contributed by atoms with Crippen molar-refractivity contribution in [3.8, 4) is 11.5 Å². The lowest BCUT2D eigenvalue weighted by Crippen LogP contribution is -2.51. The predicted octanol–water partition coefficient (Wildman–Crippen LogP) is 3.10. The monoisotopic (exact) mass is 373 g/mol. The molecule has 1 fully saturated rings. The van der Waals surface area contributed by atoms with Gasteiger partial charge in [0.2, 0.25) is 5.91 Å². The van der Waals surface area contributed by atoms with Gasteiger partial charge >= 0.3 is 0 Å². The maximum atomic E-state index is 13.3. The summed E-state index contributed by atoms with van der Waals surface area (Å²) in [4.78, 5) is 25.9. The molecule has 2 aromatic carbocycles. The molecule has 3 N–H and O–H groups in total. The van der Waals surface area contributed by atoms with Crippen molar-refractivity contribution in [1.82, 2.24) is 5.32 Å². The first-order valence-corrected chi connectivity index (χ1v) is 8.91. The van der Waals surface area contributed by atoms with Crippen LogP contribution in [0.2, 0.25) is 0 Å². The van der Waals surface area contributed by atoms with Crippen molar-refractivity contribution in [2.24, 2.45) is 5.41 Å². The van der Waals surface area contributed by atoms with Gasteiger partial charge in [0, 0.05) is 5.57 Å². The van der Waals surface area contributed by atoms with E-state index in [4.69, 9.17) is 0 Å². The summed E-state index contributed by atoms with van der Waals surface area (Å²) in [5, 5.41) is 22.0. The first-order valence-electron chi connectivity index (χ1n) is 8.91. The fourth-order valence-corrected chi connectivity index (χ4v) is 4.51. The van der Waals surface area contributed by atoms with Crippen molar-refractivity contribution in [3.05, 3.63) is 96.1 Å². The molecule has 5 nitrogen and oxygen atoms in total. The number of rotatable bonds is 4. The summed E-state index contributed by atoms with van der Waals surface area (Å²) in [6.45, 7) is 3.83. The number of carbonyl (C=O) groups excluding carboxylic acids is 2. The summed E-state index contributed by atoms with van der Waals surface area (Å²) in [5.74, 6) is -0.609. The smallest absolute Gasteiger partial charge is 0.254 e. The lowest BCUT2D eigenvalue weighted by atomic mass is 9.51. The number of amides is 2. The highest BCUT2D eigenvalue weighted by Crippen LogP contribution is 2.58. The second kappa shape index (κ2) is 6.23. The van der Waals surface area contributed by atoms with Gasteiger partial charge in [0.15, 0.2) is 0 Å². The Kier molecular flexibility index (Phi) is 3.96. The highest BCUT2D eigenvalue weighted by Gasteiger charge is 2.64. The fraction of sp³-hybridized carbons (Fsp3) is 0.130. The van der Waals surface area contributed by atoms with Gasteiger partial charge in [-0.25, -0.2) is 0 Å². The van der Waals surface area contributed by atoms with Crippen molar-refractivity contribution in [2.75, 3.05) is 0 Å². The summed E-state index contributed by atoms with van der Waals surface area (Å²) in [6, 6.07) is 13.2. The van der Waals surface area contributed by atoms with Crippen LogP contribution in [0, 0.1) is 5.41 Å². The Hall–Kier alpha value is -3.60. The van der Waals surface area contributed by atoms with Crippen molar-refractivity contribution in [1.29, 1.82) is 0 Å². The number of hydrogen-bond donors (Lipinski definition) is 3. The minimum atomic E-state index is -1.23. The van der Waals surface area contributed by atoms with E-state index in [2.05, 4.69) is 11.9 Å². The molecule has 0 radical (unpaired) electrons. The van der Waals surface area contributed by atoms with E-state index in [-0.39, 0.29) is 17.9 Å². The normalized spacial score (nSPS) is 22.4. The molecule has 1 unspecified atom stereocenters. The zero-order valence-corrected chi connectivity index (χ0v) is 15.1. The number of phenolic OH excluding ortho intramolecular Hbond substituents is 2. The molecule has 1 heterocycles. The molecule has 1 aliphatic heterocycles. The van der Waals surface area contributed by atoms with Crippen molar-refractivity contribution in [3.63, 3.8) is 0 Å². The third-order valence-corrected chi connectivity index (χ3v) is 5.70. The molecule has 140 valence electrons. The molecule has 1 saturated heterocycles. The molecule has 5 heteroatoms. The van der Waals surface area contributed by atoms with E-state index in [1.165, 1.54) is 0 Å². The zero-order valence-electron chi connectivity index (χ0n) is 15.1. The second-order valence-corrected chi connectivity index (χ2v) is 7.02. The number of nitrogens with one attached hydrogen (secondary N) is 1. The van der Waals surface area contributed by atoms with E-state index in [1.54, 1.807) is 66.8 Å². The first-order chi connectivity index (χ1) is 13.5. The highest BCUT2D eigenvalue weighted by molar-refractivity contribution is 6.19. The van der Waals surface area contributed by atoms with E-state index in [9.17, 15) is 19.8 Å². The fourth-order valence-electron chi connectivity index (χ4n) is 4.51. The second-order valence-electron chi connectivity index (χ2n) is 7.02. The molecular formula is C23H19NO4. The van der Waals surface area contributed by atoms with Crippen LogP contribution in [0.5, 0.6) is 11.5 Å². The molecule has 1 atom stereocenters. The lowest BCUT2D eigenvalue weighted by Gasteiger charge is -2.47. The molecule has 2 amide bonds. The average Bonchev–Trinajstić information content (AvgIpc) is 2.94. The van der Waals surface area contributed by atoms with Gasteiger partial charge in [-0.15, -0.1) is 6.58 Å².